The first-order valence-electron chi connectivity index (χ1n) is 8.40. The Morgan fingerprint density at radius 1 is 1.19 bits per heavy atom. The van der Waals surface area contributed by atoms with Gasteiger partial charge in [0.2, 0.25) is 0 Å². The smallest absolute Gasteiger partial charge is 0.0694 e. The van der Waals surface area contributed by atoms with Crippen LogP contribution in [-0.2, 0) is 4.74 Å². The maximum Gasteiger partial charge on any atom is 0.0694 e. The summed E-state index contributed by atoms with van der Waals surface area (Å²) in [4.78, 5) is 2.52. The summed E-state index contributed by atoms with van der Waals surface area (Å²) < 4.78 is 5.91. The number of rotatable bonds is 3. The molecule has 2 aliphatic heterocycles. The van der Waals surface area contributed by atoms with Crippen LogP contribution in [0.15, 0.2) is 24.3 Å². The first kappa shape index (κ1) is 13.4. The van der Waals surface area contributed by atoms with Gasteiger partial charge in [0, 0.05) is 37.1 Å². The molecule has 3 atom stereocenters. The number of anilines is 2. The molecule has 0 aromatic heterocycles. The second-order valence-corrected chi connectivity index (χ2v) is 7.40. The fourth-order valence-electron chi connectivity index (χ4n) is 4.61. The fraction of sp³-hybridized carbons (Fsp3) is 0.667. The molecule has 4 rings (SSSR count). The lowest BCUT2D eigenvalue weighted by Crippen LogP contribution is -2.63. The topological polar surface area (TPSA) is 24.5 Å². The number of nitrogens with zero attached hydrogens (tertiary/aromatic N) is 1. The number of nitrogens with one attached hydrogen (secondary N) is 1. The van der Waals surface area contributed by atoms with Gasteiger partial charge in [0.1, 0.15) is 0 Å². The van der Waals surface area contributed by atoms with Crippen LogP contribution in [-0.4, -0.2) is 31.8 Å². The Balaban J connectivity index is 1.57. The maximum atomic E-state index is 5.91. The third-order valence-electron chi connectivity index (χ3n) is 5.76. The van der Waals surface area contributed by atoms with Gasteiger partial charge in [0.25, 0.3) is 0 Å². The lowest BCUT2D eigenvalue weighted by Gasteiger charge is -2.55. The van der Waals surface area contributed by atoms with Crippen LogP contribution >= 0.6 is 0 Å². The van der Waals surface area contributed by atoms with Crippen LogP contribution in [0.2, 0.25) is 0 Å². The van der Waals surface area contributed by atoms with E-state index >= 15 is 0 Å². The fourth-order valence-corrected chi connectivity index (χ4v) is 4.61. The molecule has 1 aromatic carbocycles. The maximum absolute atomic E-state index is 5.91. The first-order chi connectivity index (χ1) is 10.2. The Bertz CT molecular complexity index is 522. The standard InChI is InChI=1S/C18H26N2O/c1-18(2)16(13-9-12-21-17(13)18)19-14-7-3-4-8-15(14)20-10-5-6-11-20/h3-4,7-8,13,16-17,19H,5-6,9-12H2,1-2H3. The molecule has 1 aromatic rings. The van der Waals surface area contributed by atoms with Gasteiger partial charge in [0.05, 0.1) is 17.5 Å². The molecular formula is C18H26N2O. The van der Waals surface area contributed by atoms with Crippen LogP contribution in [0.1, 0.15) is 33.1 Å². The van der Waals surface area contributed by atoms with E-state index in [2.05, 4.69) is 48.3 Å². The molecule has 3 aliphatic rings. The zero-order valence-corrected chi connectivity index (χ0v) is 13.1. The van der Waals surface area contributed by atoms with Crippen LogP contribution in [0, 0.1) is 11.3 Å². The molecule has 3 fully saturated rings. The summed E-state index contributed by atoms with van der Waals surface area (Å²) >= 11 is 0. The van der Waals surface area contributed by atoms with Crippen molar-refractivity contribution in [3.05, 3.63) is 24.3 Å². The van der Waals surface area contributed by atoms with Gasteiger partial charge in [-0.3, -0.25) is 0 Å². The summed E-state index contributed by atoms with van der Waals surface area (Å²) in [5, 5.41) is 3.86. The van der Waals surface area contributed by atoms with Crippen LogP contribution in [0.4, 0.5) is 11.4 Å². The molecular weight excluding hydrogens is 260 g/mol. The lowest BCUT2D eigenvalue weighted by molar-refractivity contribution is -0.0922. The van der Waals surface area contributed by atoms with Gasteiger partial charge >= 0.3 is 0 Å². The molecule has 2 saturated heterocycles. The minimum absolute atomic E-state index is 0.235. The molecule has 114 valence electrons. The van der Waals surface area contributed by atoms with Crippen LogP contribution < -0.4 is 10.2 Å². The number of hydrogen-bond donors (Lipinski definition) is 1. The zero-order valence-electron chi connectivity index (χ0n) is 13.1. The van der Waals surface area contributed by atoms with Crippen molar-refractivity contribution in [2.24, 2.45) is 11.3 Å². The van der Waals surface area contributed by atoms with E-state index in [4.69, 9.17) is 4.74 Å². The minimum atomic E-state index is 0.235. The van der Waals surface area contributed by atoms with E-state index in [9.17, 15) is 0 Å². The number of ether oxygens (including phenoxy) is 1. The SMILES string of the molecule is CC1(C)C(Nc2ccccc2N2CCCC2)C2CCOC21. The normalized spacial score (nSPS) is 33.6. The Morgan fingerprint density at radius 3 is 2.76 bits per heavy atom. The molecule has 2 heterocycles. The lowest BCUT2D eigenvalue weighted by atomic mass is 9.57. The average molecular weight is 286 g/mol. The third-order valence-corrected chi connectivity index (χ3v) is 5.76. The molecule has 1 N–H and O–H groups in total. The predicted molar refractivity (Wildman–Crippen MR) is 86.9 cm³/mol. The van der Waals surface area contributed by atoms with E-state index in [1.165, 1.54) is 43.7 Å². The van der Waals surface area contributed by atoms with Gasteiger partial charge in [-0.15, -0.1) is 0 Å². The summed E-state index contributed by atoms with van der Waals surface area (Å²) in [6.45, 7) is 8.01. The van der Waals surface area contributed by atoms with Gasteiger partial charge < -0.3 is 15.0 Å². The van der Waals surface area contributed by atoms with E-state index < -0.39 is 0 Å². The molecule has 1 saturated carbocycles. The molecule has 0 spiro atoms. The van der Waals surface area contributed by atoms with Crippen molar-refractivity contribution in [2.75, 3.05) is 29.9 Å². The number of fused-ring (bicyclic) bond motifs is 1. The first-order valence-corrected chi connectivity index (χ1v) is 8.40. The molecule has 0 amide bonds. The summed E-state index contributed by atoms with van der Waals surface area (Å²) in [6, 6.07) is 9.35. The van der Waals surface area contributed by atoms with Crippen LogP contribution in [0.25, 0.3) is 0 Å². The van der Waals surface area contributed by atoms with Crippen molar-refractivity contribution < 1.29 is 4.74 Å². The van der Waals surface area contributed by atoms with Crippen molar-refractivity contribution in [1.29, 1.82) is 0 Å². The molecule has 1 aliphatic carbocycles. The second-order valence-electron chi connectivity index (χ2n) is 7.40. The Hall–Kier alpha value is -1.22. The highest BCUT2D eigenvalue weighted by Gasteiger charge is 2.59. The van der Waals surface area contributed by atoms with Crippen molar-refractivity contribution in [1.82, 2.24) is 0 Å². The Labute approximate surface area is 127 Å². The second kappa shape index (κ2) is 4.91. The van der Waals surface area contributed by atoms with E-state index in [1.807, 2.05) is 0 Å². The van der Waals surface area contributed by atoms with Gasteiger partial charge in [-0.05, 0) is 31.4 Å². The van der Waals surface area contributed by atoms with Gasteiger partial charge in [-0.2, -0.15) is 0 Å². The third kappa shape index (κ3) is 2.05. The highest BCUT2D eigenvalue weighted by Crippen LogP contribution is 2.53. The van der Waals surface area contributed by atoms with E-state index in [0.29, 0.717) is 18.1 Å². The van der Waals surface area contributed by atoms with Gasteiger partial charge in [-0.25, -0.2) is 0 Å². The quantitative estimate of drug-likeness (QED) is 0.920. The monoisotopic (exact) mass is 286 g/mol. The van der Waals surface area contributed by atoms with Crippen molar-refractivity contribution in [3.63, 3.8) is 0 Å². The van der Waals surface area contributed by atoms with Crippen molar-refractivity contribution in [2.45, 2.75) is 45.3 Å². The van der Waals surface area contributed by atoms with E-state index in [1.54, 1.807) is 0 Å². The highest BCUT2D eigenvalue weighted by molar-refractivity contribution is 5.71. The van der Waals surface area contributed by atoms with Crippen LogP contribution in [0.3, 0.4) is 0 Å². The van der Waals surface area contributed by atoms with Gasteiger partial charge in [0.15, 0.2) is 0 Å². The molecule has 3 unspecified atom stereocenters. The van der Waals surface area contributed by atoms with Crippen molar-refractivity contribution in [3.8, 4) is 0 Å². The number of benzene rings is 1. The minimum Gasteiger partial charge on any atom is -0.380 e. The molecule has 3 heteroatoms. The summed E-state index contributed by atoms with van der Waals surface area (Å²) in [5.41, 5.74) is 2.93. The highest BCUT2D eigenvalue weighted by atomic mass is 16.5. The largest absolute Gasteiger partial charge is 0.380 e. The average Bonchev–Trinajstić information content (AvgIpc) is 3.15. The van der Waals surface area contributed by atoms with Crippen LogP contribution in [0.5, 0.6) is 0 Å². The van der Waals surface area contributed by atoms with E-state index in [0.717, 1.165) is 6.61 Å². The number of hydrogen-bond acceptors (Lipinski definition) is 3. The molecule has 0 bridgehead atoms. The predicted octanol–water partition coefficient (Wildman–Crippen LogP) is 3.51. The molecule has 3 nitrogen and oxygen atoms in total. The zero-order chi connectivity index (χ0) is 14.4. The summed E-state index contributed by atoms with van der Waals surface area (Å²) in [5.74, 6) is 0.687. The Morgan fingerprint density at radius 2 is 1.95 bits per heavy atom. The number of para-hydroxylation sites is 2. The molecule has 21 heavy (non-hydrogen) atoms. The summed E-state index contributed by atoms with van der Waals surface area (Å²) in [6.07, 6.45) is 4.30. The Kier molecular flexibility index (Phi) is 3.14. The summed E-state index contributed by atoms with van der Waals surface area (Å²) in [7, 11) is 0. The van der Waals surface area contributed by atoms with E-state index in [-0.39, 0.29) is 5.41 Å². The van der Waals surface area contributed by atoms with Gasteiger partial charge in [-0.1, -0.05) is 26.0 Å². The van der Waals surface area contributed by atoms with Crippen molar-refractivity contribution >= 4 is 11.4 Å². The molecule has 0 radical (unpaired) electrons.